The van der Waals surface area contributed by atoms with E-state index in [1.807, 2.05) is 0 Å². The zero-order valence-corrected chi connectivity index (χ0v) is 25.8. The van der Waals surface area contributed by atoms with Crippen molar-refractivity contribution < 1.29 is 23.9 Å². The van der Waals surface area contributed by atoms with Gasteiger partial charge in [-0.1, -0.05) is 70.4 Å². The molecule has 1 heterocycles. The quantitative estimate of drug-likeness (QED) is 0.0936. The van der Waals surface area contributed by atoms with Gasteiger partial charge in [-0.15, -0.1) is 11.3 Å². The molecule has 0 aliphatic heterocycles. The summed E-state index contributed by atoms with van der Waals surface area (Å²) in [4.78, 5) is 37.7. The minimum Gasteiger partial charge on any atom is -0.462 e. The first-order valence-electron chi connectivity index (χ1n) is 14.9. The molecule has 0 spiro atoms. The molecule has 0 aliphatic rings. The van der Waals surface area contributed by atoms with Crippen molar-refractivity contribution in [3.63, 3.8) is 0 Å². The maximum atomic E-state index is 12.6. The molecule has 222 valence electrons. The first-order chi connectivity index (χ1) is 18.7. The first kappa shape index (κ1) is 34.7. The summed E-state index contributed by atoms with van der Waals surface area (Å²) < 4.78 is 10.4. The van der Waals surface area contributed by atoms with Crippen molar-refractivity contribution in [3.05, 3.63) is 28.7 Å². The van der Waals surface area contributed by atoms with Crippen LogP contribution in [0.15, 0.2) is 18.2 Å². The van der Waals surface area contributed by atoms with Crippen molar-refractivity contribution in [1.29, 1.82) is 0 Å². The highest BCUT2D eigenvalue weighted by atomic mass is 32.1. The molecule has 0 aromatic carbocycles. The Morgan fingerprint density at radius 2 is 1.46 bits per heavy atom. The lowest BCUT2D eigenvalue weighted by molar-refractivity contribution is -0.116. The summed E-state index contributed by atoms with van der Waals surface area (Å²) in [5, 5.41) is 6.01. The third kappa shape index (κ3) is 17.8. The molecule has 7 nitrogen and oxygen atoms in total. The van der Waals surface area contributed by atoms with Gasteiger partial charge < -0.3 is 20.1 Å². The fourth-order valence-electron chi connectivity index (χ4n) is 4.00. The van der Waals surface area contributed by atoms with Gasteiger partial charge in [0.05, 0.1) is 18.7 Å². The van der Waals surface area contributed by atoms with Crippen molar-refractivity contribution in [3.8, 4) is 0 Å². The Morgan fingerprint density at radius 1 is 0.872 bits per heavy atom. The Morgan fingerprint density at radius 3 is 2.05 bits per heavy atom. The number of alkyl carbamates (subject to hydrolysis) is 1. The molecule has 0 bridgehead atoms. The Labute approximate surface area is 240 Å². The number of hydrogen-bond acceptors (Lipinski definition) is 6. The van der Waals surface area contributed by atoms with Crippen molar-refractivity contribution in [1.82, 2.24) is 5.32 Å². The molecule has 0 aliphatic carbocycles. The van der Waals surface area contributed by atoms with E-state index in [0.29, 0.717) is 17.0 Å². The normalized spacial score (nSPS) is 11.5. The van der Waals surface area contributed by atoms with E-state index in [1.165, 1.54) is 69.1 Å². The highest BCUT2D eigenvalue weighted by Gasteiger charge is 2.20. The fourth-order valence-corrected chi connectivity index (χ4v) is 5.00. The third-order valence-electron chi connectivity index (χ3n) is 6.00. The predicted octanol–water partition coefficient (Wildman–Crippen LogP) is 8.93. The lowest BCUT2D eigenvalue weighted by Crippen LogP contribution is -2.31. The number of allylic oxidation sites excluding steroid dienone is 2. The van der Waals surface area contributed by atoms with Crippen LogP contribution in [0.25, 0.3) is 0 Å². The number of carbonyl (C=O) groups is 3. The largest absolute Gasteiger partial charge is 0.462 e. The molecule has 1 aromatic heterocycles. The maximum absolute atomic E-state index is 12.6. The molecule has 0 atom stereocenters. The van der Waals surface area contributed by atoms with Crippen LogP contribution >= 0.6 is 11.3 Å². The van der Waals surface area contributed by atoms with E-state index in [2.05, 4.69) is 29.7 Å². The van der Waals surface area contributed by atoms with Gasteiger partial charge in [-0.2, -0.15) is 0 Å². The molecular weight excluding hydrogens is 512 g/mol. The first-order valence-corrected chi connectivity index (χ1v) is 15.7. The fraction of sp³-hybridized carbons (Fsp3) is 0.710. The third-order valence-corrected chi connectivity index (χ3v) is 7.05. The van der Waals surface area contributed by atoms with Gasteiger partial charge in [0.25, 0.3) is 0 Å². The monoisotopic (exact) mass is 564 g/mol. The number of esters is 1. The van der Waals surface area contributed by atoms with Crippen LogP contribution in [-0.2, 0) is 20.8 Å². The lowest BCUT2D eigenvalue weighted by atomic mass is 10.1. The zero-order valence-electron chi connectivity index (χ0n) is 25.0. The van der Waals surface area contributed by atoms with Crippen molar-refractivity contribution in [2.24, 2.45) is 0 Å². The van der Waals surface area contributed by atoms with Gasteiger partial charge in [-0.25, -0.2) is 9.59 Å². The number of nitrogens with one attached hydrogen (secondary N) is 2. The SMILES string of the molecule is CCCCCCCC/C=C\CCCCCCCC(=O)Nc1sc(CNC(=O)OC(C)(C)C)cc1C(=O)OCC. The molecule has 1 aromatic rings. The number of thiophene rings is 1. The van der Waals surface area contributed by atoms with Crippen molar-refractivity contribution in [2.75, 3.05) is 11.9 Å². The zero-order chi connectivity index (χ0) is 28.9. The number of rotatable bonds is 20. The van der Waals surface area contributed by atoms with Gasteiger partial charge in [-0.3, -0.25) is 4.79 Å². The Kier molecular flexibility index (Phi) is 18.3. The number of ether oxygens (including phenoxy) is 2. The summed E-state index contributed by atoms with van der Waals surface area (Å²) in [6.45, 7) is 9.79. The molecular formula is C31H52N2O5S. The average Bonchev–Trinajstić information content (AvgIpc) is 3.27. The molecule has 0 fully saturated rings. The second kappa shape index (κ2) is 20.5. The van der Waals surface area contributed by atoms with E-state index < -0.39 is 17.7 Å². The van der Waals surface area contributed by atoms with Crippen LogP contribution in [-0.4, -0.2) is 30.2 Å². The second-order valence-electron chi connectivity index (χ2n) is 10.9. The highest BCUT2D eigenvalue weighted by Crippen LogP contribution is 2.29. The van der Waals surface area contributed by atoms with Crippen LogP contribution in [0.2, 0.25) is 0 Å². The van der Waals surface area contributed by atoms with Gasteiger partial charge in [0.2, 0.25) is 5.91 Å². The molecule has 8 heteroatoms. The smallest absolute Gasteiger partial charge is 0.407 e. The van der Waals surface area contributed by atoms with E-state index in [0.717, 1.165) is 30.6 Å². The minimum absolute atomic E-state index is 0.119. The molecule has 1 rings (SSSR count). The lowest BCUT2D eigenvalue weighted by Gasteiger charge is -2.19. The van der Waals surface area contributed by atoms with E-state index in [9.17, 15) is 14.4 Å². The van der Waals surface area contributed by atoms with Gasteiger partial charge >= 0.3 is 12.1 Å². The number of amides is 2. The molecule has 2 N–H and O–H groups in total. The number of hydrogen-bond donors (Lipinski definition) is 2. The van der Waals surface area contributed by atoms with Gasteiger partial charge in [0.1, 0.15) is 10.6 Å². The number of carbonyl (C=O) groups excluding carboxylic acids is 3. The number of unbranched alkanes of at least 4 members (excludes halogenated alkanes) is 11. The summed E-state index contributed by atoms with van der Waals surface area (Å²) in [5.41, 5.74) is -0.292. The van der Waals surface area contributed by atoms with E-state index in [4.69, 9.17) is 9.47 Å². The van der Waals surface area contributed by atoms with E-state index in [-0.39, 0.29) is 19.1 Å². The predicted molar refractivity (Wildman–Crippen MR) is 161 cm³/mol. The van der Waals surface area contributed by atoms with Crippen LogP contribution in [0.3, 0.4) is 0 Å². The van der Waals surface area contributed by atoms with Crippen molar-refractivity contribution in [2.45, 2.75) is 137 Å². The van der Waals surface area contributed by atoms with Crippen LogP contribution < -0.4 is 10.6 Å². The Hall–Kier alpha value is -2.35. The van der Waals surface area contributed by atoms with Crippen LogP contribution in [0.1, 0.15) is 140 Å². The van der Waals surface area contributed by atoms with Gasteiger partial charge in [-0.05, 0) is 65.9 Å². The van der Waals surface area contributed by atoms with Crippen LogP contribution in [0.4, 0.5) is 9.80 Å². The summed E-state index contributed by atoms with van der Waals surface area (Å²) in [6.07, 6.45) is 20.2. The molecule has 2 amide bonds. The standard InChI is InChI=1S/C31H52N2O5S/c1-6-8-9-10-11-12-13-14-15-16-17-18-19-20-21-22-27(34)33-28-26(29(35)37-7-2)23-25(39-28)24-32-30(36)38-31(3,4)5/h14-15,23H,6-13,16-22,24H2,1-5H3,(H,32,36)(H,33,34)/b15-14-. The van der Waals surface area contributed by atoms with Gasteiger partial charge in [0.15, 0.2) is 0 Å². The van der Waals surface area contributed by atoms with Gasteiger partial charge in [0, 0.05) is 11.3 Å². The Bertz CT molecular complexity index is 873. The van der Waals surface area contributed by atoms with E-state index in [1.54, 1.807) is 33.8 Å². The minimum atomic E-state index is -0.598. The average molecular weight is 565 g/mol. The molecule has 39 heavy (non-hydrogen) atoms. The molecule has 0 saturated carbocycles. The van der Waals surface area contributed by atoms with E-state index >= 15 is 0 Å². The molecule has 0 saturated heterocycles. The second-order valence-corrected chi connectivity index (χ2v) is 12.1. The van der Waals surface area contributed by atoms with Crippen molar-refractivity contribution >= 4 is 34.3 Å². The Balaban J connectivity index is 2.32. The summed E-state index contributed by atoms with van der Waals surface area (Å²) in [6, 6.07) is 1.65. The molecule has 0 radical (unpaired) electrons. The summed E-state index contributed by atoms with van der Waals surface area (Å²) in [5.74, 6) is -0.611. The summed E-state index contributed by atoms with van der Waals surface area (Å²) in [7, 11) is 0. The maximum Gasteiger partial charge on any atom is 0.407 e. The van der Waals surface area contributed by atoms with Crippen LogP contribution in [0, 0.1) is 0 Å². The van der Waals surface area contributed by atoms with Crippen LogP contribution in [0.5, 0.6) is 0 Å². The highest BCUT2D eigenvalue weighted by molar-refractivity contribution is 7.16. The number of anilines is 1. The summed E-state index contributed by atoms with van der Waals surface area (Å²) >= 11 is 1.26. The topological polar surface area (TPSA) is 93.7 Å². The molecule has 0 unspecified atom stereocenters.